The van der Waals surface area contributed by atoms with Gasteiger partial charge in [0.1, 0.15) is 0 Å². The van der Waals surface area contributed by atoms with Crippen LogP contribution in [0.25, 0.3) is 21.5 Å². The molecule has 0 spiro atoms. The highest BCUT2D eigenvalue weighted by Crippen LogP contribution is 2.45. The van der Waals surface area contributed by atoms with Gasteiger partial charge in [0, 0.05) is 0 Å². The molecule has 3 aromatic rings. The number of rotatable bonds is 2. The Labute approximate surface area is 133 Å². The molecule has 2 unspecified atom stereocenters. The van der Waals surface area contributed by atoms with Gasteiger partial charge < -0.3 is 0 Å². The van der Waals surface area contributed by atoms with E-state index in [9.17, 15) is 0 Å². The fourth-order valence-corrected chi connectivity index (χ4v) is 4.47. The summed E-state index contributed by atoms with van der Waals surface area (Å²) in [6.07, 6.45) is 5.24. The number of hydrogen-bond donors (Lipinski definition) is 0. The summed E-state index contributed by atoms with van der Waals surface area (Å²) in [4.78, 5) is 0. The van der Waals surface area contributed by atoms with Crippen LogP contribution < -0.4 is 0 Å². The van der Waals surface area contributed by atoms with Crippen LogP contribution in [-0.4, -0.2) is 0 Å². The lowest BCUT2D eigenvalue weighted by Crippen LogP contribution is -2.14. The van der Waals surface area contributed by atoms with Crippen molar-refractivity contribution in [2.24, 2.45) is 0 Å². The van der Waals surface area contributed by atoms with Crippen molar-refractivity contribution in [2.75, 3.05) is 0 Å². The molecule has 2 atom stereocenters. The first-order valence-corrected chi connectivity index (χ1v) is 8.77. The molecule has 0 radical (unpaired) electrons. The van der Waals surface area contributed by atoms with Crippen molar-refractivity contribution in [1.82, 2.24) is 0 Å². The van der Waals surface area contributed by atoms with Crippen LogP contribution in [0.3, 0.4) is 0 Å². The summed E-state index contributed by atoms with van der Waals surface area (Å²) in [6.45, 7) is 4.69. The number of benzene rings is 3. The zero-order chi connectivity index (χ0) is 15.1. The van der Waals surface area contributed by atoms with Crippen molar-refractivity contribution in [2.45, 2.75) is 51.4 Å². The molecular weight excluding hydrogens is 264 g/mol. The van der Waals surface area contributed by atoms with Crippen molar-refractivity contribution < 1.29 is 0 Å². The van der Waals surface area contributed by atoms with Gasteiger partial charge in [0.05, 0.1) is 0 Å². The van der Waals surface area contributed by atoms with Gasteiger partial charge in [0.15, 0.2) is 0 Å². The first kappa shape index (κ1) is 13.8. The summed E-state index contributed by atoms with van der Waals surface area (Å²) < 4.78 is 0. The first-order valence-electron chi connectivity index (χ1n) is 8.77. The fraction of sp³-hybridized carbons (Fsp3) is 0.364. The SMILES string of the molecule is CCC1CCC(CC)c2c1ccc1c2ccc2ccccc21. The summed E-state index contributed by atoms with van der Waals surface area (Å²) in [5.74, 6) is 1.50. The van der Waals surface area contributed by atoms with E-state index in [-0.39, 0.29) is 0 Å². The van der Waals surface area contributed by atoms with Crippen molar-refractivity contribution in [1.29, 1.82) is 0 Å². The quantitative estimate of drug-likeness (QED) is 0.456. The maximum absolute atomic E-state index is 2.43. The molecule has 0 aromatic heterocycles. The van der Waals surface area contributed by atoms with Gasteiger partial charge in [-0.3, -0.25) is 0 Å². The zero-order valence-corrected chi connectivity index (χ0v) is 13.6. The normalized spacial score (nSPS) is 21.2. The molecule has 1 aliphatic rings. The van der Waals surface area contributed by atoms with Crippen molar-refractivity contribution in [3.05, 3.63) is 59.7 Å². The molecule has 0 saturated heterocycles. The van der Waals surface area contributed by atoms with Gasteiger partial charge in [-0.25, -0.2) is 0 Å². The van der Waals surface area contributed by atoms with E-state index < -0.39 is 0 Å². The van der Waals surface area contributed by atoms with E-state index in [1.54, 1.807) is 11.1 Å². The van der Waals surface area contributed by atoms with E-state index in [4.69, 9.17) is 0 Å². The van der Waals surface area contributed by atoms with Crippen LogP contribution in [0.1, 0.15) is 62.5 Å². The van der Waals surface area contributed by atoms with Gasteiger partial charge in [-0.15, -0.1) is 0 Å². The molecule has 0 bridgehead atoms. The highest BCUT2D eigenvalue weighted by Gasteiger charge is 2.27. The number of fused-ring (bicyclic) bond motifs is 5. The highest BCUT2D eigenvalue weighted by molar-refractivity contribution is 6.09. The van der Waals surface area contributed by atoms with Crippen LogP contribution >= 0.6 is 0 Å². The van der Waals surface area contributed by atoms with Crippen molar-refractivity contribution >= 4 is 21.5 Å². The monoisotopic (exact) mass is 288 g/mol. The second-order valence-corrected chi connectivity index (χ2v) is 6.74. The summed E-state index contributed by atoms with van der Waals surface area (Å²) in [5.41, 5.74) is 3.28. The molecule has 0 heteroatoms. The van der Waals surface area contributed by atoms with Crippen molar-refractivity contribution in [3.63, 3.8) is 0 Å². The van der Waals surface area contributed by atoms with E-state index in [0.717, 1.165) is 11.8 Å². The molecule has 112 valence electrons. The largest absolute Gasteiger partial charge is 0.0648 e. The van der Waals surface area contributed by atoms with E-state index in [2.05, 4.69) is 62.4 Å². The Balaban J connectivity index is 2.07. The average molecular weight is 288 g/mol. The molecule has 3 aromatic carbocycles. The summed E-state index contributed by atoms with van der Waals surface area (Å²) >= 11 is 0. The number of hydrogen-bond acceptors (Lipinski definition) is 0. The minimum atomic E-state index is 0.739. The summed E-state index contributed by atoms with van der Waals surface area (Å²) in [6, 6.07) is 18.3. The van der Waals surface area contributed by atoms with E-state index >= 15 is 0 Å². The van der Waals surface area contributed by atoms with Crippen LogP contribution in [0.2, 0.25) is 0 Å². The molecule has 0 N–H and O–H groups in total. The van der Waals surface area contributed by atoms with Gasteiger partial charge in [-0.1, -0.05) is 62.4 Å². The maximum Gasteiger partial charge on any atom is -0.0102 e. The standard InChI is InChI=1S/C22H24/c1-3-15-9-10-16(4-2)22-19(15)13-14-20-18-8-6-5-7-17(18)11-12-21(20)22/h5-8,11-16H,3-4,9-10H2,1-2H3. The minimum Gasteiger partial charge on any atom is -0.0648 e. The fourth-order valence-electron chi connectivity index (χ4n) is 4.47. The molecular formula is C22H24. The van der Waals surface area contributed by atoms with E-state index in [1.165, 1.54) is 47.2 Å². The zero-order valence-electron chi connectivity index (χ0n) is 13.6. The smallest absolute Gasteiger partial charge is 0.0102 e. The Hall–Kier alpha value is -1.82. The Morgan fingerprint density at radius 2 is 1.45 bits per heavy atom. The molecule has 0 saturated carbocycles. The average Bonchev–Trinajstić information content (AvgIpc) is 2.60. The second kappa shape index (κ2) is 5.43. The third-order valence-corrected chi connectivity index (χ3v) is 5.70. The molecule has 22 heavy (non-hydrogen) atoms. The Morgan fingerprint density at radius 1 is 0.727 bits per heavy atom. The predicted molar refractivity (Wildman–Crippen MR) is 96.8 cm³/mol. The molecule has 0 nitrogen and oxygen atoms in total. The third kappa shape index (κ3) is 1.97. The predicted octanol–water partition coefficient (Wildman–Crippen LogP) is 6.77. The Bertz CT molecular complexity index is 828. The molecule has 4 rings (SSSR count). The van der Waals surface area contributed by atoms with Crippen LogP contribution in [0.4, 0.5) is 0 Å². The van der Waals surface area contributed by atoms with Gasteiger partial charge >= 0.3 is 0 Å². The Kier molecular flexibility index (Phi) is 3.41. The highest BCUT2D eigenvalue weighted by atomic mass is 14.3. The van der Waals surface area contributed by atoms with E-state index in [0.29, 0.717) is 0 Å². The molecule has 0 fully saturated rings. The van der Waals surface area contributed by atoms with Gasteiger partial charge in [-0.2, -0.15) is 0 Å². The third-order valence-electron chi connectivity index (χ3n) is 5.70. The first-order chi connectivity index (χ1) is 10.8. The lowest BCUT2D eigenvalue weighted by atomic mass is 9.73. The Morgan fingerprint density at radius 3 is 2.27 bits per heavy atom. The van der Waals surface area contributed by atoms with Gasteiger partial charge in [0.25, 0.3) is 0 Å². The van der Waals surface area contributed by atoms with Crippen LogP contribution in [-0.2, 0) is 0 Å². The summed E-state index contributed by atoms with van der Waals surface area (Å²) in [5, 5.41) is 5.69. The van der Waals surface area contributed by atoms with Gasteiger partial charge in [0.2, 0.25) is 0 Å². The minimum absolute atomic E-state index is 0.739. The maximum atomic E-state index is 2.43. The van der Waals surface area contributed by atoms with Crippen molar-refractivity contribution in [3.8, 4) is 0 Å². The second-order valence-electron chi connectivity index (χ2n) is 6.74. The molecule has 0 heterocycles. The lowest BCUT2D eigenvalue weighted by Gasteiger charge is -2.32. The van der Waals surface area contributed by atoms with E-state index in [1.807, 2.05) is 0 Å². The molecule has 0 amide bonds. The molecule has 0 aliphatic heterocycles. The van der Waals surface area contributed by atoms with Crippen LogP contribution in [0, 0.1) is 0 Å². The topological polar surface area (TPSA) is 0 Å². The van der Waals surface area contributed by atoms with Gasteiger partial charge in [-0.05, 0) is 70.2 Å². The summed E-state index contributed by atoms with van der Waals surface area (Å²) in [7, 11) is 0. The lowest BCUT2D eigenvalue weighted by molar-refractivity contribution is 0.469. The van der Waals surface area contributed by atoms with Crippen LogP contribution in [0.15, 0.2) is 48.5 Å². The van der Waals surface area contributed by atoms with Crippen LogP contribution in [0.5, 0.6) is 0 Å². The molecule has 1 aliphatic carbocycles.